The highest BCUT2D eigenvalue weighted by Gasteiger charge is 2.17. The molecule has 1 unspecified atom stereocenters. The SMILES string of the molecule is CCCNC(=O)C(C)Nc1nc(NCC)c(F)cc1F. The maximum atomic E-state index is 13.6. The van der Waals surface area contributed by atoms with Crippen LogP contribution in [0.1, 0.15) is 27.2 Å². The lowest BCUT2D eigenvalue weighted by Gasteiger charge is -2.16. The van der Waals surface area contributed by atoms with Gasteiger partial charge in [0.25, 0.3) is 0 Å². The second-order valence-electron chi connectivity index (χ2n) is 4.34. The molecule has 0 aliphatic carbocycles. The summed E-state index contributed by atoms with van der Waals surface area (Å²) >= 11 is 0. The molecule has 1 amide bonds. The van der Waals surface area contributed by atoms with Crippen molar-refractivity contribution in [3.63, 3.8) is 0 Å². The molecule has 1 heterocycles. The van der Waals surface area contributed by atoms with Gasteiger partial charge in [0.2, 0.25) is 5.91 Å². The molecule has 1 aromatic rings. The topological polar surface area (TPSA) is 66.0 Å². The summed E-state index contributed by atoms with van der Waals surface area (Å²) in [7, 11) is 0. The average Bonchev–Trinajstić information content (AvgIpc) is 2.41. The average molecular weight is 286 g/mol. The fraction of sp³-hybridized carbons (Fsp3) is 0.538. The largest absolute Gasteiger partial charge is 0.368 e. The summed E-state index contributed by atoms with van der Waals surface area (Å²) in [5.74, 6) is -2.06. The van der Waals surface area contributed by atoms with Crippen molar-refractivity contribution in [3.05, 3.63) is 17.7 Å². The predicted octanol–water partition coefficient (Wildman–Crippen LogP) is 2.12. The minimum absolute atomic E-state index is 0.0439. The molecule has 0 spiro atoms. The smallest absolute Gasteiger partial charge is 0.242 e. The van der Waals surface area contributed by atoms with E-state index in [1.807, 2.05) is 6.92 Å². The second kappa shape index (κ2) is 7.62. The third-order valence-corrected chi connectivity index (χ3v) is 2.57. The lowest BCUT2D eigenvalue weighted by Crippen LogP contribution is -2.38. The van der Waals surface area contributed by atoms with Crippen LogP contribution in [0.25, 0.3) is 0 Å². The summed E-state index contributed by atoms with van der Waals surface area (Å²) in [6.07, 6.45) is 0.812. The number of hydrogen-bond donors (Lipinski definition) is 3. The Morgan fingerprint density at radius 1 is 1.30 bits per heavy atom. The number of carbonyl (C=O) groups excluding carboxylic acids is 1. The van der Waals surface area contributed by atoms with Crippen LogP contribution in [0.3, 0.4) is 0 Å². The molecule has 112 valence electrons. The Morgan fingerprint density at radius 2 is 1.95 bits per heavy atom. The Morgan fingerprint density at radius 3 is 2.55 bits per heavy atom. The number of rotatable bonds is 7. The first kappa shape index (κ1) is 16.1. The molecule has 7 heteroatoms. The molecule has 20 heavy (non-hydrogen) atoms. The number of nitrogens with one attached hydrogen (secondary N) is 3. The molecular formula is C13H20F2N4O. The van der Waals surface area contributed by atoms with Crippen LogP contribution in [0.15, 0.2) is 6.07 Å². The van der Waals surface area contributed by atoms with Gasteiger partial charge in [-0.15, -0.1) is 0 Å². The number of nitrogens with zero attached hydrogens (tertiary/aromatic N) is 1. The van der Waals surface area contributed by atoms with Gasteiger partial charge in [-0.3, -0.25) is 4.79 Å². The van der Waals surface area contributed by atoms with Crippen molar-refractivity contribution in [3.8, 4) is 0 Å². The first-order valence-corrected chi connectivity index (χ1v) is 6.63. The highest BCUT2D eigenvalue weighted by atomic mass is 19.1. The molecule has 0 aliphatic heterocycles. The normalized spacial score (nSPS) is 11.8. The number of halogens is 2. The summed E-state index contributed by atoms with van der Waals surface area (Å²) in [5.41, 5.74) is 0. The van der Waals surface area contributed by atoms with Crippen molar-refractivity contribution in [2.45, 2.75) is 33.2 Å². The molecule has 1 aromatic heterocycles. The van der Waals surface area contributed by atoms with Crippen molar-refractivity contribution in [2.24, 2.45) is 0 Å². The molecule has 0 bridgehead atoms. The van der Waals surface area contributed by atoms with Crippen molar-refractivity contribution >= 4 is 17.5 Å². The third-order valence-electron chi connectivity index (χ3n) is 2.57. The molecule has 0 radical (unpaired) electrons. The summed E-state index contributed by atoms with van der Waals surface area (Å²) < 4.78 is 27.0. The maximum Gasteiger partial charge on any atom is 0.242 e. The van der Waals surface area contributed by atoms with Gasteiger partial charge in [-0.1, -0.05) is 6.92 Å². The van der Waals surface area contributed by atoms with Crippen LogP contribution in [0.2, 0.25) is 0 Å². The van der Waals surface area contributed by atoms with Gasteiger partial charge < -0.3 is 16.0 Å². The molecule has 1 rings (SSSR count). The van der Waals surface area contributed by atoms with E-state index in [4.69, 9.17) is 0 Å². The molecular weight excluding hydrogens is 266 g/mol. The van der Waals surface area contributed by atoms with Gasteiger partial charge in [-0.05, 0) is 20.3 Å². The van der Waals surface area contributed by atoms with Crippen LogP contribution in [-0.4, -0.2) is 30.0 Å². The van der Waals surface area contributed by atoms with Gasteiger partial charge in [-0.2, -0.15) is 0 Å². The fourth-order valence-corrected chi connectivity index (χ4v) is 1.53. The molecule has 0 aliphatic rings. The lowest BCUT2D eigenvalue weighted by molar-refractivity contribution is -0.121. The van der Waals surface area contributed by atoms with Crippen LogP contribution < -0.4 is 16.0 Å². The molecule has 0 aromatic carbocycles. The van der Waals surface area contributed by atoms with Crippen LogP contribution in [0.4, 0.5) is 20.4 Å². The van der Waals surface area contributed by atoms with Gasteiger partial charge >= 0.3 is 0 Å². The van der Waals surface area contributed by atoms with E-state index in [1.165, 1.54) is 0 Å². The fourth-order valence-electron chi connectivity index (χ4n) is 1.53. The third kappa shape index (κ3) is 4.32. The highest BCUT2D eigenvalue weighted by Crippen LogP contribution is 2.19. The van der Waals surface area contributed by atoms with Crippen molar-refractivity contribution in [1.82, 2.24) is 10.3 Å². The molecule has 5 nitrogen and oxygen atoms in total. The minimum atomic E-state index is -0.834. The Balaban J connectivity index is 2.80. The number of aromatic nitrogens is 1. The molecule has 0 saturated carbocycles. The summed E-state index contributed by atoms with van der Waals surface area (Å²) in [6, 6.07) is 0.0766. The zero-order chi connectivity index (χ0) is 15.1. The quantitative estimate of drug-likeness (QED) is 0.718. The van der Waals surface area contributed by atoms with E-state index in [2.05, 4.69) is 20.9 Å². The van der Waals surface area contributed by atoms with Crippen LogP contribution in [0.5, 0.6) is 0 Å². The van der Waals surface area contributed by atoms with E-state index >= 15 is 0 Å². The zero-order valence-electron chi connectivity index (χ0n) is 11.9. The van der Waals surface area contributed by atoms with Crippen LogP contribution in [0, 0.1) is 11.6 Å². The Kier molecular flexibility index (Phi) is 6.14. The van der Waals surface area contributed by atoms with Crippen LogP contribution >= 0.6 is 0 Å². The Labute approximate surface area is 117 Å². The number of hydrogen-bond acceptors (Lipinski definition) is 4. The first-order chi connectivity index (χ1) is 9.49. The molecule has 0 fully saturated rings. The molecule has 1 atom stereocenters. The standard InChI is InChI=1S/C13H20F2N4O/c1-4-6-17-13(20)8(3)18-12-10(15)7-9(14)11(19-12)16-5-2/h7-8H,4-6H2,1-3H3,(H,17,20)(H2,16,18,19). The second-order valence-corrected chi connectivity index (χ2v) is 4.34. The number of pyridine rings is 1. The molecule has 3 N–H and O–H groups in total. The molecule has 0 saturated heterocycles. The van der Waals surface area contributed by atoms with Crippen molar-refractivity contribution in [2.75, 3.05) is 23.7 Å². The summed E-state index contributed by atoms with van der Waals surface area (Å²) in [4.78, 5) is 15.5. The highest BCUT2D eigenvalue weighted by molar-refractivity contribution is 5.83. The van der Waals surface area contributed by atoms with Gasteiger partial charge in [-0.25, -0.2) is 13.8 Å². The van der Waals surface area contributed by atoms with E-state index in [0.717, 1.165) is 12.5 Å². The van der Waals surface area contributed by atoms with E-state index < -0.39 is 17.7 Å². The maximum absolute atomic E-state index is 13.6. The predicted molar refractivity (Wildman–Crippen MR) is 74.7 cm³/mol. The van der Waals surface area contributed by atoms with Crippen LogP contribution in [-0.2, 0) is 4.79 Å². The Bertz CT molecular complexity index is 468. The van der Waals surface area contributed by atoms with E-state index in [-0.39, 0.29) is 17.5 Å². The monoisotopic (exact) mass is 286 g/mol. The van der Waals surface area contributed by atoms with Gasteiger partial charge in [0.15, 0.2) is 23.3 Å². The number of carbonyl (C=O) groups is 1. The first-order valence-electron chi connectivity index (χ1n) is 6.63. The summed E-state index contributed by atoms with van der Waals surface area (Å²) in [6.45, 7) is 6.30. The zero-order valence-corrected chi connectivity index (χ0v) is 11.9. The number of anilines is 2. The minimum Gasteiger partial charge on any atom is -0.368 e. The van der Waals surface area contributed by atoms with E-state index in [0.29, 0.717) is 13.1 Å². The van der Waals surface area contributed by atoms with Gasteiger partial charge in [0.05, 0.1) is 0 Å². The van der Waals surface area contributed by atoms with E-state index in [1.54, 1.807) is 13.8 Å². The number of amides is 1. The van der Waals surface area contributed by atoms with Gasteiger partial charge in [0.1, 0.15) is 6.04 Å². The van der Waals surface area contributed by atoms with E-state index in [9.17, 15) is 13.6 Å². The summed E-state index contributed by atoms with van der Waals surface area (Å²) in [5, 5.41) is 8.01. The van der Waals surface area contributed by atoms with Crippen molar-refractivity contribution < 1.29 is 13.6 Å². The van der Waals surface area contributed by atoms with Crippen molar-refractivity contribution in [1.29, 1.82) is 0 Å². The lowest BCUT2D eigenvalue weighted by atomic mass is 10.3. The van der Waals surface area contributed by atoms with Gasteiger partial charge in [0, 0.05) is 19.2 Å². The Hall–Kier alpha value is -1.92.